The van der Waals surface area contributed by atoms with Crippen LogP contribution in [-0.4, -0.2) is 41.3 Å². The van der Waals surface area contributed by atoms with Crippen molar-refractivity contribution in [2.24, 2.45) is 0 Å². The van der Waals surface area contributed by atoms with E-state index in [0.29, 0.717) is 5.56 Å². The number of rotatable bonds is 7. The van der Waals surface area contributed by atoms with Crippen LogP contribution in [0.3, 0.4) is 0 Å². The van der Waals surface area contributed by atoms with Crippen molar-refractivity contribution in [2.75, 3.05) is 32.6 Å². The van der Waals surface area contributed by atoms with Crippen LogP contribution in [0.5, 0.6) is 5.75 Å². The molecule has 0 saturated carbocycles. The number of aliphatic hydroxyl groups excluding tert-OH is 1. The van der Waals surface area contributed by atoms with E-state index < -0.39 is 16.1 Å². The molecule has 0 aliphatic rings. The maximum absolute atomic E-state index is 12.6. The Morgan fingerprint density at radius 2 is 1.69 bits per heavy atom. The summed E-state index contributed by atoms with van der Waals surface area (Å²) in [6.07, 6.45) is -0.946. The molecule has 0 aliphatic heterocycles. The fraction of sp³-hybridized carbons (Fsp3) is 0.368. The lowest BCUT2D eigenvalue weighted by Crippen LogP contribution is -2.29. The molecule has 2 aromatic carbocycles. The van der Waals surface area contributed by atoms with E-state index in [0.717, 1.165) is 16.8 Å². The van der Waals surface area contributed by atoms with Crippen LogP contribution in [0.4, 0.5) is 5.69 Å². The molecule has 0 spiro atoms. The first-order chi connectivity index (χ1) is 12.2. The summed E-state index contributed by atoms with van der Waals surface area (Å²) in [5.41, 5.74) is 3.44. The first-order valence-corrected chi connectivity index (χ1v) is 9.74. The van der Waals surface area contributed by atoms with Gasteiger partial charge in [-0.05, 0) is 54.8 Å². The van der Waals surface area contributed by atoms with Gasteiger partial charge in [-0.1, -0.05) is 12.1 Å². The van der Waals surface area contributed by atoms with Gasteiger partial charge < -0.3 is 14.7 Å². The monoisotopic (exact) mass is 378 g/mol. The van der Waals surface area contributed by atoms with Gasteiger partial charge in [-0.3, -0.25) is 0 Å². The average Bonchev–Trinajstić information content (AvgIpc) is 2.61. The van der Waals surface area contributed by atoms with Gasteiger partial charge in [0.05, 0.1) is 13.2 Å². The van der Waals surface area contributed by atoms with Gasteiger partial charge in [-0.25, -0.2) is 13.1 Å². The van der Waals surface area contributed by atoms with Crippen molar-refractivity contribution in [2.45, 2.75) is 24.8 Å². The number of hydrogen-bond donors (Lipinski definition) is 2. The molecule has 0 aliphatic carbocycles. The first-order valence-electron chi connectivity index (χ1n) is 8.26. The maximum Gasteiger partial charge on any atom is 0.244 e. The summed E-state index contributed by atoms with van der Waals surface area (Å²) in [6, 6.07) is 10.6. The molecule has 0 unspecified atom stereocenters. The van der Waals surface area contributed by atoms with Gasteiger partial charge in [0.1, 0.15) is 10.6 Å². The minimum Gasteiger partial charge on any atom is -0.495 e. The van der Waals surface area contributed by atoms with E-state index in [1.807, 2.05) is 45.0 Å². The van der Waals surface area contributed by atoms with Crippen LogP contribution >= 0.6 is 0 Å². The summed E-state index contributed by atoms with van der Waals surface area (Å²) in [6.45, 7) is 3.61. The number of nitrogens with zero attached hydrogens (tertiary/aromatic N) is 1. The normalized spacial score (nSPS) is 12.7. The first kappa shape index (κ1) is 20.2. The minimum atomic E-state index is -3.81. The molecule has 1 atom stereocenters. The van der Waals surface area contributed by atoms with Crippen molar-refractivity contribution in [1.82, 2.24) is 4.72 Å². The van der Waals surface area contributed by atoms with E-state index >= 15 is 0 Å². The Morgan fingerprint density at radius 1 is 1.12 bits per heavy atom. The Morgan fingerprint density at radius 3 is 2.23 bits per heavy atom. The highest BCUT2D eigenvalue weighted by Crippen LogP contribution is 2.27. The Bertz CT molecular complexity index is 862. The Labute approximate surface area is 155 Å². The van der Waals surface area contributed by atoms with E-state index in [1.165, 1.54) is 7.11 Å². The van der Waals surface area contributed by atoms with E-state index in [-0.39, 0.29) is 17.2 Å². The van der Waals surface area contributed by atoms with Gasteiger partial charge >= 0.3 is 0 Å². The molecule has 0 radical (unpaired) electrons. The number of anilines is 1. The van der Waals surface area contributed by atoms with Gasteiger partial charge in [0, 0.05) is 26.3 Å². The van der Waals surface area contributed by atoms with Crippen molar-refractivity contribution in [1.29, 1.82) is 0 Å². The second-order valence-electron chi connectivity index (χ2n) is 6.44. The topological polar surface area (TPSA) is 78.9 Å². The van der Waals surface area contributed by atoms with Crippen molar-refractivity contribution >= 4 is 15.7 Å². The quantitative estimate of drug-likeness (QED) is 0.773. The predicted octanol–water partition coefficient (Wildman–Crippen LogP) is 2.39. The van der Waals surface area contributed by atoms with E-state index in [2.05, 4.69) is 4.72 Å². The molecule has 0 heterocycles. The van der Waals surface area contributed by atoms with Gasteiger partial charge in [0.25, 0.3) is 0 Å². The molecule has 142 valence electrons. The van der Waals surface area contributed by atoms with Crippen LogP contribution in [0.2, 0.25) is 0 Å². The zero-order valence-corrected chi connectivity index (χ0v) is 16.6. The second-order valence-corrected chi connectivity index (χ2v) is 8.18. The lowest BCUT2D eigenvalue weighted by Gasteiger charge is -2.17. The van der Waals surface area contributed by atoms with Crippen LogP contribution in [0.1, 0.15) is 22.8 Å². The molecule has 0 amide bonds. The molecule has 0 saturated heterocycles. The molecule has 7 heteroatoms. The zero-order valence-electron chi connectivity index (χ0n) is 15.8. The lowest BCUT2D eigenvalue weighted by atomic mass is 10.1. The van der Waals surface area contributed by atoms with E-state index in [9.17, 15) is 13.5 Å². The number of aliphatic hydroxyl groups is 1. The van der Waals surface area contributed by atoms with Crippen molar-refractivity contribution in [3.63, 3.8) is 0 Å². The number of nitrogens with one attached hydrogen (secondary N) is 1. The van der Waals surface area contributed by atoms with Crippen molar-refractivity contribution in [3.05, 3.63) is 53.1 Å². The van der Waals surface area contributed by atoms with Crippen LogP contribution in [0.15, 0.2) is 41.3 Å². The molecule has 0 aromatic heterocycles. The predicted molar refractivity (Wildman–Crippen MR) is 103 cm³/mol. The number of methoxy groups -OCH3 is 1. The van der Waals surface area contributed by atoms with Crippen LogP contribution in [-0.2, 0) is 10.0 Å². The maximum atomic E-state index is 12.6. The fourth-order valence-corrected chi connectivity index (χ4v) is 3.78. The Hall–Kier alpha value is -2.09. The lowest BCUT2D eigenvalue weighted by molar-refractivity contribution is 0.182. The SMILES string of the molecule is COc1cc(C)c(C)cc1S(=O)(=O)NC[C@@H](O)c1ccc(N(C)C)cc1. The Kier molecular flexibility index (Phi) is 6.28. The van der Waals surface area contributed by atoms with Crippen LogP contribution < -0.4 is 14.4 Å². The third kappa shape index (κ3) is 4.55. The largest absolute Gasteiger partial charge is 0.495 e. The molecule has 2 N–H and O–H groups in total. The number of hydrogen-bond acceptors (Lipinski definition) is 5. The highest BCUT2D eigenvalue weighted by Gasteiger charge is 2.22. The molecule has 2 aromatic rings. The summed E-state index contributed by atoms with van der Waals surface area (Å²) in [5.74, 6) is 0.283. The molecule has 2 rings (SSSR count). The molecular weight excluding hydrogens is 352 g/mol. The van der Waals surface area contributed by atoms with Crippen LogP contribution in [0.25, 0.3) is 0 Å². The Balaban J connectivity index is 2.16. The number of aryl methyl sites for hydroxylation is 2. The molecule has 26 heavy (non-hydrogen) atoms. The molecule has 0 fully saturated rings. The zero-order chi connectivity index (χ0) is 19.5. The smallest absolute Gasteiger partial charge is 0.244 e. The van der Waals surface area contributed by atoms with Crippen molar-refractivity contribution in [3.8, 4) is 5.75 Å². The van der Waals surface area contributed by atoms with Crippen molar-refractivity contribution < 1.29 is 18.3 Å². The standard InChI is InChI=1S/C19H26N2O4S/c1-13-10-18(25-5)19(11-14(13)2)26(23,24)20-12-17(22)15-6-8-16(9-7-15)21(3)4/h6-11,17,20,22H,12H2,1-5H3/t17-/m1/s1. The number of ether oxygens (including phenoxy) is 1. The van der Waals surface area contributed by atoms with Gasteiger partial charge in [-0.2, -0.15) is 0 Å². The van der Waals surface area contributed by atoms with Gasteiger partial charge in [0.15, 0.2) is 0 Å². The second kappa shape index (κ2) is 8.07. The highest BCUT2D eigenvalue weighted by molar-refractivity contribution is 7.89. The van der Waals surface area contributed by atoms with Gasteiger partial charge in [-0.15, -0.1) is 0 Å². The summed E-state index contributed by atoms with van der Waals surface area (Å²) >= 11 is 0. The highest BCUT2D eigenvalue weighted by atomic mass is 32.2. The van der Waals surface area contributed by atoms with E-state index in [1.54, 1.807) is 24.3 Å². The molecular formula is C19H26N2O4S. The molecule has 0 bridgehead atoms. The van der Waals surface area contributed by atoms with Gasteiger partial charge in [0.2, 0.25) is 10.0 Å². The summed E-state index contributed by atoms with van der Waals surface area (Å²) in [5, 5.41) is 10.3. The number of benzene rings is 2. The average molecular weight is 378 g/mol. The van der Waals surface area contributed by atoms with Crippen LogP contribution in [0, 0.1) is 13.8 Å². The molecule has 6 nitrogen and oxygen atoms in total. The summed E-state index contributed by atoms with van der Waals surface area (Å²) in [4.78, 5) is 2.02. The third-order valence-corrected chi connectivity index (χ3v) is 5.78. The summed E-state index contributed by atoms with van der Waals surface area (Å²) in [7, 11) is 1.48. The summed E-state index contributed by atoms with van der Waals surface area (Å²) < 4.78 is 33.0. The fourth-order valence-electron chi connectivity index (χ4n) is 2.51. The third-order valence-electron chi connectivity index (χ3n) is 4.33. The van der Waals surface area contributed by atoms with E-state index in [4.69, 9.17) is 4.74 Å². The number of sulfonamides is 1. The minimum absolute atomic E-state index is 0.0678.